The smallest absolute Gasteiger partial charge is 0.339 e. The highest BCUT2D eigenvalue weighted by Crippen LogP contribution is 2.69. The molecule has 6 heteroatoms. The fourth-order valence-corrected chi connectivity index (χ4v) is 4.45. The minimum absolute atomic E-state index is 0.346. The fraction of sp³-hybridized carbons (Fsp3) is 0.238. The van der Waals surface area contributed by atoms with Crippen LogP contribution < -0.4 is 5.63 Å². The summed E-state index contributed by atoms with van der Waals surface area (Å²) in [4.78, 5) is 17.1. The summed E-state index contributed by atoms with van der Waals surface area (Å²) in [5, 5.41) is 20.3. The molecule has 2 unspecified atom stereocenters. The minimum atomic E-state index is -1.34. The number of aryl methyl sites for hydroxylation is 2. The van der Waals surface area contributed by atoms with Crippen molar-refractivity contribution in [3.05, 3.63) is 73.8 Å². The summed E-state index contributed by atoms with van der Waals surface area (Å²) in [5.74, 6) is -1.07. The average molecular weight is 420 g/mol. The summed E-state index contributed by atoms with van der Waals surface area (Å²) in [5.41, 5.74) is 1.56. The monoisotopic (exact) mass is 419 g/mol. The topological polar surface area (TPSA) is 90.7 Å². The first-order chi connectivity index (χ1) is 12.9. The third kappa shape index (κ3) is 2.49. The van der Waals surface area contributed by atoms with Gasteiger partial charge in [-0.25, -0.2) is 4.79 Å². The molecule has 0 spiro atoms. The molecule has 5 nitrogen and oxygen atoms in total. The molecule has 0 N–H and O–H groups in total. The van der Waals surface area contributed by atoms with E-state index in [1.165, 1.54) is 0 Å². The van der Waals surface area contributed by atoms with Crippen molar-refractivity contribution < 1.29 is 4.42 Å². The maximum absolute atomic E-state index is 12.7. The van der Waals surface area contributed by atoms with E-state index in [-0.39, 0.29) is 0 Å². The third-order valence-electron chi connectivity index (χ3n) is 5.18. The van der Waals surface area contributed by atoms with Gasteiger partial charge in [0.1, 0.15) is 5.58 Å². The van der Waals surface area contributed by atoms with Gasteiger partial charge in [-0.05, 0) is 59.6 Å². The summed E-state index contributed by atoms with van der Waals surface area (Å²) in [6.45, 7) is 3.86. The first-order valence-electron chi connectivity index (χ1n) is 8.41. The van der Waals surface area contributed by atoms with Crippen molar-refractivity contribution >= 4 is 26.9 Å². The molecule has 3 aromatic rings. The number of nitrogens with zero attached hydrogens (tertiary/aromatic N) is 3. The predicted molar refractivity (Wildman–Crippen MR) is 103 cm³/mol. The molecule has 132 valence electrons. The number of fused-ring (bicyclic) bond motifs is 1. The van der Waals surface area contributed by atoms with Crippen LogP contribution in [0.2, 0.25) is 0 Å². The molecule has 27 heavy (non-hydrogen) atoms. The number of pyridine rings is 1. The molecule has 0 amide bonds. The van der Waals surface area contributed by atoms with E-state index in [9.17, 15) is 15.3 Å². The zero-order chi connectivity index (χ0) is 19.3. The Bertz CT molecular complexity index is 1220. The molecule has 0 aliphatic heterocycles. The van der Waals surface area contributed by atoms with Gasteiger partial charge in [0.25, 0.3) is 0 Å². The van der Waals surface area contributed by atoms with Crippen molar-refractivity contribution in [2.75, 3.05) is 0 Å². The van der Waals surface area contributed by atoms with Crippen molar-refractivity contribution in [2.24, 2.45) is 5.41 Å². The van der Waals surface area contributed by atoms with E-state index < -0.39 is 22.9 Å². The van der Waals surface area contributed by atoms with E-state index >= 15 is 0 Å². The lowest BCUT2D eigenvalue weighted by Crippen LogP contribution is -2.09. The van der Waals surface area contributed by atoms with Crippen LogP contribution in [0.5, 0.6) is 0 Å². The van der Waals surface area contributed by atoms with E-state index in [4.69, 9.17) is 4.42 Å². The molecule has 2 aromatic heterocycles. The van der Waals surface area contributed by atoms with Crippen LogP contribution in [0.1, 0.15) is 34.2 Å². The predicted octanol–water partition coefficient (Wildman–Crippen LogP) is 4.48. The van der Waals surface area contributed by atoms with Crippen LogP contribution in [0.4, 0.5) is 0 Å². The second kappa shape index (κ2) is 6.04. The molecule has 0 saturated heterocycles. The molecule has 2 heterocycles. The van der Waals surface area contributed by atoms with E-state index in [0.29, 0.717) is 21.3 Å². The third-order valence-corrected chi connectivity index (χ3v) is 5.85. The average Bonchev–Trinajstić information content (AvgIpc) is 3.31. The van der Waals surface area contributed by atoms with Gasteiger partial charge >= 0.3 is 5.63 Å². The number of benzene rings is 1. The molecule has 2 atom stereocenters. The lowest BCUT2D eigenvalue weighted by Gasteiger charge is -2.06. The summed E-state index contributed by atoms with van der Waals surface area (Å²) in [6, 6.07) is 13.5. The Morgan fingerprint density at radius 1 is 1.19 bits per heavy atom. The SMILES string of the molecule is Cc1cc(C)c2oc(=O)c(C3C(c4ncccc4Br)C3(C#N)C#N)cc2c1. The van der Waals surface area contributed by atoms with Gasteiger partial charge in [-0.3, -0.25) is 4.98 Å². The Labute approximate surface area is 164 Å². The van der Waals surface area contributed by atoms with E-state index in [1.54, 1.807) is 18.3 Å². The first-order valence-corrected chi connectivity index (χ1v) is 9.20. The lowest BCUT2D eigenvalue weighted by molar-refractivity contribution is 0.545. The number of halogens is 1. The quantitative estimate of drug-likeness (QED) is 0.570. The molecule has 0 bridgehead atoms. The number of hydrogen-bond donors (Lipinski definition) is 0. The summed E-state index contributed by atoms with van der Waals surface area (Å²) in [6.07, 6.45) is 1.62. The normalized spacial score (nSPS) is 20.0. The maximum atomic E-state index is 12.7. The van der Waals surface area contributed by atoms with Crippen LogP contribution in [0, 0.1) is 41.9 Å². The second-order valence-corrected chi connectivity index (χ2v) is 7.76. The van der Waals surface area contributed by atoms with Crippen LogP contribution >= 0.6 is 15.9 Å². The summed E-state index contributed by atoms with van der Waals surface area (Å²) < 4.78 is 6.28. The van der Waals surface area contributed by atoms with Gasteiger partial charge in [0.2, 0.25) is 0 Å². The molecular weight excluding hydrogens is 406 g/mol. The van der Waals surface area contributed by atoms with Gasteiger partial charge in [-0.15, -0.1) is 0 Å². The van der Waals surface area contributed by atoms with Gasteiger partial charge in [-0.1, -0.05) is 11.6 Å². The van der Waals surface area contributed by atoms with Crippen molar-refractivity contribution in [2.45, 2.75) is 25.7 Å². The Balaban J connectivity index is 1.94. The van der Waals surface area contributed by atoms with Crippen LogP contribution in [-0.2, 0) is 0 Å². The van der Waals surface area contributed by atoms with Crippen molar-refractivity contribution in [1.82, 2.24) is 4.98 Å². The standard InChI is InChI=1S/C21H14BrN3O2/c1-11-6-12(2)19-13(7-11)8-14(20(26)27-19)16-17(21(16,9-23)10-24)18-15(22)4-3-5-25-18/h3-8,16-17H,1-2H3. The number of nitriles is 2. The Hall–Kier alpha value is -2.96. The minimum Gasteiger partial charge on any atom is -0.422 e. The van der Waals surface area contributed by atoms with Crippen molar-refractivity contribution in [3.63, 3.8) is 0 Å². The van der Waals surface area contributed by atoms with Crippen molar-refractivity contribution in [1.29, 1.82) is 10.5 Å². The number of hydrogen-bond acceptors (Lipinski definition) is 5. The van der Waals surface area contributed by atoms with Gasteiger partial charge < -0.3 is 4.42 Å². The first kappa shape index (κ1) is 17.5. The zero-order valence-electron chi connectivity index (χ0n) is 14.7. The highest BCUT2D eigenvalue weighted by atomic mass is 79.9. The molecule has 1 aliphatic rings. The number of aromatic nitrogens is 1. The summed E-state index contributed by atoms with van der Waals surface area (Å²) >= 11 is 3.44. The van der Waals surface area contributed by atoms with E-state index in [2.05, 4.69) is 33.1 Å². The highest BCUT2D eigenvalue weighted by Gasteiger charge is 2.70. The molecule has 1 fully saturated rings. The molecular formula is C21H14BrN3O2. The molecule has 1 aromatic carbocycles. The Kier molecular flexibility index (Phi) is 3.91. The van der Waals surface area contributed by atoms with Crippen LogP contribution in [0.3, 0.4) is 0 Å². The van der Waals surface area contributed by atoms with Gasteiger partial charge in [0.15, 0.2) is 5.41 Å². The molecule has 4 rings (SSSR count). The van der Waals surface area contributed by atoms with Gasteiger partial charge in [-0.2, -0.15) is 10.5 Å². The number of rotatable bonds is 2. The highest BCUT2D eigenvalue weighted by molar-refractivity contribution is 9.10. The van der Waals surface area contributed by atoms with E-state index in [1.807, 2.05) is 32.0 Å². The molecule has 0 radical (unpaired) electrons. The van der Waals surface area contributed by atoms with Gasteiger partial charge in [0, 0.05) is 33.5 Å². The lowest BCUT2D eigenvalue weighted by atomic mass is 10.0. The Morgan fingerprint density at radius 3 is 2.59 bits per heavy atom. The fourth-order valence-electron chi connectivity index (χ4n) is 3.94. The van der Waals surface area contributed by atoms with Crippen LogP contribution in [0.15, 0.2) is 50.2 Å². The zero-order valence-corrected chi connectivity index (χ0v) is 16.2. The van der Waals surface area contributed by atoms with Gasteiger partial charge in [0.05, 0.1) is 17.8 Å². The largest absolute Gasteiger partial charge is 0.422 e. The van der Waals surface area contributed by atoms with Crippen LogP contribution in [-0.4, -0.2) is 4.98 Å². The second-order valence-electron chi connectivity index (χ2n) is 6.91. The Morgan fingerprint density at radius 2 is 1.93 bits per heavy atom. The summed E-state index contributed by atoms with van der Waals surface area (Å²) in [7, 11) is 0. The van der Waals surface area contributed by atoms with Crippen LogP contribution in [0.25, 0.3) is 11.0 Å². The molecule has 1 saturated carbocycles. The van der Waals surface area contributed by atoms with E-state index in [0.717, 1.165) is 16.5 Å². The maximum Gasteiger partial charge on any atom is 0.339 e. The molecule has 1 aliphatic carbocycles. The van der Waals surface area contributed by atoms with Crippen molar-refractivity contribution in [3.8, 4) is 12.1 Å².